The molecule has 0 saturated heterocycles. The molecule has 2 nitrogen and oxygen atoms in total. The number of hydrogen-bond acceptors (Lipinski definition) is 2. The quantitative estimate of drug-likeness (QED) is 0.892. The van der Waals surface area contributed by atoms with Gasteiger partial charge >= 0.3 is 0 Å². The number of hydrogen-bond donors (Lipinski definition) is 1. The Labute approximate surface area is 108 Å². The summed E-state index contributed by atoms with van der Waals surface area (Å²) in [7, 11) is 1.68. The van der Waals surface area contributed by atoms with Gasteiger partial charge in [0.25, 0.3) is 0 Å². The Balaban J connectivity index is 2.22. The molecule has 0 radical (unpaired) electrons. The topological polar surface area (TPSA) is 35.2 Å². The highest BCUT2D eigenvalue weighted by atomic mass is 16.5. The summed E-state index contributed by atoms with van der Waals surface area (Å²) in [6, 6.07) is 18.2. The first kappa shape index (κ1) is 12.7. The van der Waals surface area contributed by atoms with Gasteiger partial charge in [0.15, 0.2) is 0 Å². The Kier molecular flexibility index (Phi) is 3.68. The smallest absolute Gasteiger partial charge is 0.119 e. The third-order valence-corrected chi connectivity index (χ3v) is 3.14. The fourth-order valence-corrected chi connectivity index (χ4v) is 2.13. The summed E-state index contributed by atoms with van der Waals surface area (Å²) in [5.41, 5.74) is 8.38. The number of rotatable bonds is 4. The molecule has 1 atom stereocenters. The molecule has 0 aliphatic rings. The molecule has 2 N–H and O–H groups in total. The molecule has 0 saturated carbocycles. The number of nitrogens with two attached hydrogens (primary N) is 1. The van der Waals surface area contributed by atoms with E-state index < -0.39 is 0 Å². The van der Waals surface area contributed by atoms with Crippen molar-refractivity contribution in [1.29, 1.82) is 0 Å². The van der Waals surface area contributed by atoms with Crippen LogP contribution >= 0.6 is 0 Å². The van der Waals surface area contributed by atoms with E-state index in [4.69, 9.17) is 10.5 Å². The Morgan fingerprint density at radius 1 is 1.06 bits per heavy atom. The van der Waals surface area contributed by atoms with Gasteiger partial charge in [-0.3, -0.25) is 0 Å². The van der Waals surface area contributed by atoms with Crippen LogP contribution in [-0.2, 0) is 12.0 Å². The molecular weight excluding hydrogens is 222 g/mol. The first-order valence-corrected chi connectivity index (χ1v) is 6.09. The second-order valence-corrected chi connectivity index (χ2v) is 4.81. The van der Waals surface area contributed by atoms with E-state index in [1.54, 1.807) is 7.11 Å². The molecule has 0 amide bonds. The lowest BCUT2D eigenvalue weighted by molar-refractivity contribution is 0.413. The largest absolute Gasteiger partial charge is 0.497 e. The monoisotopic (exact) mass is 241 g/mol. The summed E-state index contributed by atoms with van der Waals surface area (Å²) >= 11 is 0. The van der Waals surface area contributed by atoms with Crippen LogP contribution in [0.4, 0.5) is 0 Å². The van der Waals surface area contributed by atoms with Gasteiger partial charge < -0.3 is 10.5 Å². The summed E-state index contributed by atoms with van der Waals surface area (Å²) in [6.45, 7) is 2.06. The van der Waals surface area contributed by atoms with Gasteiger partial charge in [-0.1, -0.05) is 42.5 Å². The third-order valence-electron chi connectivity index (χ3n) is 3.14. The lowest BCUT2D eigenvalue weighted by Crippen LogP contribution is -2.35. The average molecular weight is 241 g/mol. The van der Waals surface area contributed by atoms with Crippen molar-refractivity contribution in [3.8, 4) is 5.75 Å². The van der Waals surface area contributed by atoms with Gasteiger partial charge in [-0.15, -0.1) is 0 Å². The van der Waals surface area contributed by atoms with Gasteiger partial charge in [0, 0.05) is 5.54 Å². The Hall–Kier alpha value is -1.80. The Bertz CT molecular complexity index is 506. The van der Waals surface area contributed by atoms with Crippen molar-refractivity contribution in [2.24, 2.45) is 5.73 Å². The molecule has 0 bridgehead atoms. The molecule has 2 aromatic rings. The molecule has 1 unspecified atom stereocenters. The molecule has 0 aromatic heterocycles. The molecule has 0 spiro atoms. The van der Waals surface area contributed by atoms with Crippen LogP contribution in [0.3, 0.4) is 0 Å². The maximum Gasteiger partial charge on any atom is 0.119 e. The van der Waals surface area contributed by atoms with Crippen molar-refractivity contribution < 1.29 is 4.74 Å². The maximum absolute atomic E-state index is 6.42. The average Bonchev–Trinajstić information content (AvgIpc) is 2.39. The van der Waals surface area contributed by atoms with Crippen LogP contribution in [-0.4, -0.2) is 7.11 Å². The van der Waals surface area contributed by atoms with E-state index in [0.29, 0.717) is 0 Å². The zero-order chi connectivity index (χ0) is 13.0. The highest BCUT2D eigenvalue weighted by Gasteiger charge is 2.21. The molecular formula is C16H19NO. The molecule has 2 heteroatoms. The maximum atomic E-state index is 6.42. The number of ether oxygens (including phenoxy) is 1. The Morgan fingerprint density at radius 3 is 2.44 bits per heavy atom. The summed E-state index contributed by atoms with van der Waals surface area (Å²) in [6.07, 6.45) is 0.786. The van der Waals surface area contributed by atoms with Crippen LogP contribution in [0, 0.1) is 0 Å². The fourth-order valence-electron chi connectivity index (χ4n) is 2.13. The van der Waals surface area contributed by atoms with Crippen LogP contribution in [0.25, 0.3) is 0 Å². The molecule has 94 valence electrons. The van der Waals surface area contributed by atoms with Crippen molar-refractivity contribution in [2.75, 3.05) is 7.11 Å². The van der Waals surface area contributed by atoms with E-state index in [1.807, 2.05) is 36.4 Å². The zero-order valence-corrected chi connectivity index (χ0v) is 10.9. The van der Waals surface area contributed by atoms with Crippen LogP contribution < -0.4 is 10.5 Å². The van der Waals surface area contributed by atoms with Gasteiger partial charge in [-0.25, -0.2) is 0 Å². The van der Waals surface area contributed by atoms with E-state index in [-0.39, 0.29) is 5.54 Å². The predicted molar refractivity (Wildman–Crippen MR) is 74.7 cm³/mol. The molecule has 2 rings (SSSR count). The van der Waals surface area contributed by atoms with Crippen LogP contribution in [0.15, 0.2) is 54.6 Å². The molecule has 0 fully saturated rings. The third kappa shape index (κ3) is 2.90. The minimum absolute atomic E-state index is 0.367. The first-order chi connectivity index (χ1) is 8.62. The van der Waals surface area contributed by atoms with Crippen LogP contribution in [0.5, 0.6) is 5.75 Å². The lowest BCUT2D eigenvalue weighted by atomic mass is 9.86. The van der Waals surface area contributed by atoms with E-state index in [0.717, 1.165) is 17.7 Å². The normalized spacial score (nSPS) is 13.9. The Morgan fingerprint density at radius 2 is 1.78 bits per heavy atom. The van der Waals surface area contributed by atoms with Gasteiger partial charge in [0.2, 0.25) is 0 Å². The molecule has 0 aliphatic heterocycles. The highest BCUT2D eigenvalue weighted by molar-refractivity contribution is 5.32. The summed E-state index contributed by atoms with van der Waals surface area (Å²) in [5, 5.41) is 0. The van der Waals surface area contributed by atoms with E-state index in [9.17, 15) is 0 Å². The second kappa shape index (κ2) is 5.23. The van der Waals surface area contributed by atoms with Crippen molar-refractivity contribution >= 4 is 0 Å². The highest BCUT2D eigenvalue weighted by Crippen LogP contribution is 2.24. The van der Waals surface area contributed by atoms with Crippen molar-refractivity contribution in [3.63, 3.8) is 0 Å². The van der Waals surface area contributed by atoms with E-state index >= 15 is 0 Å². The summed E-state index contributed by atoms with van der Waals surface area (Å²) in [4.78, 5) is 0. The van der Waals surface area contributed by atoms with Crippen molar-refractivity contribution in [3.05, 3.63) is 65.7 Å². The molecule has 0 heterocycles. The predicted octanol–water partition coefficient (Wildman–Crippen LogP) is 3.11. The van der Waals surface area contributed by atoms with Gasteiger partial charge in [0.1, 0.15) is 5.75 Å². The van der Waals surface area contributed by atoms with Gasteiger partial charge in [-0.05, 0) is 36.6 Å². The molecule has 0 aliphatic carbocycles. The summed E-state index contributed by atoms with van der Waals surface area (Å²) < 4.78 is 5.23. The standard InChI is InChI=1S/C16H19NO/c1-16(17,14-8-4-3-5-9-14)12-13-7-6-10-15(11-13)18-2/h3-11H,12,17H2,1-2H3. The second-order valence-electron chi connectivity index (χ2n) is 4.81. The lowest BCUT2D eigenvalue weighted by Gasteiger charge is -2.25. The van der Waals surface area contributed by atoms with Crippen LogP contribution in [0.1, 0.15) is 18.1 Å². The fraction of sp³-hybridized carbons (Fsp3) is 0.250. The van der Waals surface area contributed by atoms with Gasteiger partial charge in [-0.2, -0.15) is 0 Å². The van der Waals surface area contributed by atoms with Crippen molar-refractivity contribution in [2.45, 2.75) is 18.9 Å². The minimum Gasteiger partial charge on any atom is -0.497 e. The zero-order valence-electron chi connectivity index (χ0n) is 10.9. The SMILES string of the molecule is COc1cccc(CC(C)(N)c2ccccc2)c1. The number of benzene rings is 2. The molecule has 2 aromatic carbocycles. The molecule has 18 heavy (non-hydrogen) atoms. The van der Waals surface area contributed by atoms with Gasteiger partial charge in [0.05, 0.1) is 7.11 Å². The minimum atomic E-state index is -0.367. The van der Waals surface area contributed by atoms with E-state index in [2.05, 4.69) is 25.1 Å². The number of methoxy groups -OCH3 is 1. The van der Waals surface area contributed by atoms with Crippen molar-refractivity contribution in [1.82, 2.24) is 0 Å². The van der Waals surface area contributed by atoms with Crippen LogP contribution in [0.2, 0.25) is 0 Å². The first-order valence-electron chi connectivity index (χ1n) is 6.09. The summed E-state index contributed by atoms with van der Waals surface area (Å²) in [5.74, 6) is 0.872. The van der Waals surface area contributed by atoms with E-state index in [1.165, 1.54) is 5.56 Å².